The Morgan fingerprint density at radius 3 is 2.00 bits per heavy atom. The van der Waals surface area contributed by atoms with Crippen LogP contribution in [0.1, 0.15) is 51.9 Å². The molecule has 78 valence electrons. The van der Waals surface area contributed by atoms with Gasteiger partial charge in [-0.2, -0.15) is 0 Å². The van der Waals surface area contributed by atoms with E-state index >= 15 is 0 Å². The van der Waals surface area contributed by atoms with Gasteiger partial charge >= 0.3 is 0 Å². The summed E-state index contributed by atoms with van der Waals surface area (Å²) in [5.41, 5.74) is 10.4. The van der Waals surface area contributed by atoms with Crippen molar-refractivity contribution in [3.8, 4) is 0 Å². The minimum atomic E-state index is -0.211. The zero-order chi connectivity index (χ0) is 10.1. The quantitative estimate of drug-likeness (QED) is 0.687. The second kappa shape index (κ2) is 8.05. The van der Waals surface area contributed by atoms with Crippen molar-refractivity contribution in [2.24, 2.45) is 11.5 Å². The van der Waals surface area contributed by atoms with Crippen LogP contribution >= 0.6 is 0 Å². The van der Waals surface area contributed by atoms with Crippen LogP contribution in [0.3, 0.4) is 0 Å². The Labute approximate surface area is 80.9 Å². The number of primary amides is 1. The predicted molar refractivity (Wildman–Crippen MR) is 55.2 cm³/mol. The summed E-state index contributed by atoms with van der Waals surface area (Å²) in [6.45, 7) is 1.92. The molecule has 0 unspecified atom stereocenters. The molecular formula is C10H22N2O. The fourth-order valence-electron chi connectivity index (χ4n) is 1.38. The van der Waals surface area contributed by atoms with Crippen molar-refractivity contribution in [1.82, 2.24) is 0 Å². The summed E-state index contributed by atoms with van der Waals surface area (Å²) in [7, 11) is 0. The number of hydrogen-bond donors (Lipinski definition) is 2. The second-order valence-corrected chi connectivity index (χ2v) is 3.61. The van der Waals surface area contributed by atoms with E-state index in [4.69, 9.17) is 11.5 Å². The molecule has 3 heteroatoms. The standard InChI is InChI=1S/C6H13N.C4H9NO/c7-6-4-2-1-3-5-6;1-2-3-4(5)6/h6H,1-5,7H2;2-3H2,1H3,(H2,5,6). The molecule has 1 fully saturated rings. The van der Waals surface area contributed by atoms with Gasteiger partial charge in [0.05, 0.1) is 0 Å². The van der Waals surface area contributed by atoms with E-state index in [1.165, 1.54) is 32.1 Å². The molecule has 0 radical (unpaired) electrons. The van der Waals surface area contributed by atoms with E-state index in [2.05, 4.69) is 0 Å². The molecular weight excluding hydrogens is 164 g/mol. The molecule has 3 nitrogen and oxygen atoms in total. The van der Waals surface area contributed by atoms with Crippen molar-refractivity contribution in [1.29, 1.82) is 0 Å². The minimum Gasteiger partial charge on any atom is -0.370 e. The van der Waals surface area contributed by atoms with Crippen LogP contribution in [0.25, 0.3) is 0 Å². The largest absolute Gasteiger partial charge is 0.370 e. The lowest BCUT2D eigenvalue weighted by Gasteiger charge is -2.15. The smallest absolute Gasteiger partial charge is 0.217 e. The average molecular weight is 186 g/mol. The molecule has 13 heavy (non-hydrogen) atoms. The van der Waals surface area contributed by atoms with Crippen molar-refractivity contribution in [2.45, 2.75) is 57.9 Å². The topological polar surface area (TPSA) is 69.1 Å². The minimum absolute atomic E-state index is 0.211. The van der Waals surface area contributed by atoms with Crippen LogP contribution in [0.2, 0.25) is 0 Å². The molecule has 1 aliphatic carbocycles. The number of carbonyl (C=O) groups is 1. The third-order valence-corrected chi connectivity index (χ3v) is 2.15. The van der Waals surface area contributed by atoms with Crippen LogP contribution in [-0.4, -0.2) is 11.9 Å². The number of amides is 1. The van der Waals surface area contributed by atoms with E-state index in [1.54, 1.807) is 0 Å². The maximum Gasteiger partial charge on any atom is 0.217 e. The summed E-state index contributed by atoms with van der Waals surface area (Å²) in [5.74, 6) is -0.211. The van der Waals surface area contributed by atoms with Gasteiger partial charge in [-0.3, -0.25) is 4.79 Å². The summed E-state index contributed by atoms with van der Waals surface area (Å²) in [6, 6.07) is 0.536. The first kappa shape index (κ1) is 12.4. The lowest BCUT2D eigenvalue weighted by Crippen LogP contribution is -2.22. The van der Waals surface area contributed by atoms with Gasteiger partial charge in [-0.15, -0.1) is 0 Å². The number of hydrogen-bond acceptors (Lipinski definition) is 2. The molecule has 1 rings (SSSR count). The SMILES string of the molecule is CCCC(N)=O.NC1CCCCC1. The van der Waals surface area contributed by atoms with E-state index in [-0.39, 0.29) is 5.91 Å². The Balaban J connectivity index is 0.000000226. The van der Waals surface area contributed by atoms with Gasteiger partial charge in [-0.25, -0.2) is 0 Å². The second-order valence-electron chi connectivity index (χ2n) is 3.61. The van der Waals surface area contributed by atoms with Crippen LogP contribution in [-0.2, 0) is 4.79 Å². The molecule has 0 heterocycles. The highest BCUT2D eigenvalue weighted by Gasteiger charge is 2.06. The van der Waals surface area contributed by atoms with Gasteiger partial charge in [0.2, 0.25) is 5.91 Å². The van der Waals surface area contributed by atoms with Crippen molar-refractivity contribution in [3.63, 3.8) is 0 Å². The van der Waals surface area contributed by atoms with Crippen LogP contribution in [0.5, 0.6) is 0 Å². The van der Waals surface area contributed by atoms with Gasteiger partial charge in [-0.1, -0.05) is 26.2 Å². The Kier molecular flexibility index (Phi) is 7.69. The van der Waals surface area contributed by atoms with E-state index < -0.39 is 0 Å². The zero-order valence-corrected chi connectivity index (χ0v) is 8.59. The predicted octanol–water partition coefficient (Wildman–Crippen LogP) is 1.55. The Morgan fingerprint density at radius 1 is 1.31 bits per heavy atom. The molecule has 0 bridgehead atoms. The third-order valence-electron chi connectivity index (χ3n) is 2.15. The van der Waals surface area contributed by atoms with E-state index in [0.29, 0.717) is 12.5 Å². The number of carbonyl (C=O) groups excluding carboxylic acids is 1. The van der Waals surface area contributed by atoms with E-state index in [9.17, 15) is 4.79 Å². The average Bonchev–Trinajstić information content (AvgIpc) is 2.06. The van der Waals surface area contributed by atoms with Crippen molar-refractivity contribution in [3.05, 3.63) is 0 Å². The molecule has 4 N–H and O–H groups in total. The molecule has 0 aromatic rings. The third kappa shape index (κ3) is 9.34. The van der Waals surface area contributed by atoms with Gasteiger partial charge in [0, 0.05) is 12.5 Å². The Bertz CT molecular complexity index is 131. The lowest BCUT2D eigenvalue weighted by atomic mass is 9.97. The zero-order valence-electron chi connectivity index (χ0n) is 8.59. The first-order chi connectivity index (χ1) is 6.16. The Morgan fingerprint density at radius 2 is 1.85 bits per heavy atom. The van der Waals surface area contributed by atoms with Crippen LogP contribution < -0.4 is 11.5 Å². The van der Waals surface area contributed by atoms with Crippen LogP contribution in [0.4, 0.5) is 0 Å². The summed E-state index contributed by atoms with van der Waals surface area (Å²) >= 11 is 0. The highest BCUT2D eigenvalue weighted by molar-refractivity contribution is 5.73. The van der Waals surface area contributed by atoms with Crippen molar-refractivity contribution >= 4 is 5.91 Å². The van der Waals surface area contributed by atoms with Gasteiger partial charge in [0.15, 0.2) is 0 Å². The molecule has 1 amide bonds. The monoisotopic (exact) mass is 186 g/mol. The van der Waals surface area contributed by atoms with Gasteiger partial charge < -0.3 is 11.5 Å². The first-order valence-corrected chi connectivity index (χ1v) is 5.20. The Hall–Kier alpha value is -0.570. The van der Waals surface area contributed by atoms with Gasteiger partial charge in [0.1, 0.15) is 0 Å². The van der Waals surface area contributed by atoms with Crippen molar-refractivity contribution in [2.75, 3.05) is 0 Å². The maximum absolute atomic E-state index is 9.82. The van der Waals surface area contributed by atoms with Gasteiger partial charge in [0.25, 0.3) is 0 Å². The molecule has 0 saturated heterocycles. The lowest BCUT2D eigenvalue weighted by molar-refractivity contribution is -0.118. The summed E-state index contributed by atoms with van der Waals surface area (Å²) in [6.07, 6.45) is 8.03. The summed E-state index contributed by atoms with van der Waals surface area (Å²) < 4.78 is 0. The van der Waals surface area contributed by atoms with Crippen LogP contribution in [0, 0.1) is 0 Å². The van der Waals surface area contributed by atoms with Crippen LogP contribution in [0.15, 0.2) is 0 Å². The van der Waals surface area contributed by atoms with Gasteiger partial charge in [-0.05, 0) is 19.3 Å². The van der Waals surface area contributed by atoms with E-state index in [1.807, 2.05) is 6.92 Å². The van der Waals surface area contributed by atoms with E-state index in [0.717, 1.165) is 6.42 Å². The highest BCUT2D eigenvalue weighted by Crippen LogP contribution is 2.14. The fraction of sp³-hybridized carbons (Fsp3) is 0.900. The molecule has 0 spiro atoms. The number of rotatable bonds is 2. The summed E-state index contributed by atoms with van der Waals surface area (Å²) in [4.78, 5) is 9.82. The first-order valence-electron chi connectivity index (χ1n) is 5.20. The normalized spacial score (nSPS) is 17.4. The van der Waals surface area contributed by atoms with Crippen molar-refractivity contribution < 1.29 is 4.79 Å². The molecule has 0 aromatic heterocycles. The fourth-order valence-corrected chi connectivity index (χ4v) is 1.38. The molecule has 0 atom stereocenters. The molecule has 1 saturated carbocycles. The molecule has 0 aliphatic heterocycles. The highest BCUT2D eigenvalue weighted by atomic mass is 16.1. The molecule has 1 aliphatic rings. The maximum atomic E-state index is 9.82. The molecule has 0 aromatic carbocycles. The summed E-state index contributed by atoms with van der Waals surface area (Å²) in [5, 5.41) is 0. The number of nitrogens with two attached hydrogens (primary N) is 2.